The van der Waals surface area contributed by atoms with Crippen LogP contribution < -0.4 is 19.8 Å². The molecule has 0 atom stereocenters. The fourth-order valence-electron chi connectivity index (χ4n) is 3.38. The van der Waals surface area contributed by atoms with E-state index < -0.39 is 0 Å². The van der Waals surface area contributed by atoms with Gasteiger partial charge in [0.05, 0.1) is 18.8 Å². The number of aliphatic hydroxyl groups excluding tert-OH is 1. The molecule has 0 radical (unpaired) electrons. The summed E-state index contributed by atoms with van der Waals surface area (Å²) in [7, 11) is 0. The zero-order valence-corrected chi connectivity index (χ0v) is 22.7. The predicted octanol–water partition coefficient (Wildman–Crippen LogP) is 3.56. The Balaban J connectivity index is 0.00000456. The van der Waals surface area contributed by atoms with Gasteiger partial charge in [-0.3, -0.25) is 10.2 Å². The van der Waals surface area contributed by atoms with Crippen molar-refractivity contribution in [2.75, 3.05) is 13.2 Å². The van der Waals surface area contributed by atoms with Gasteiger partial charge in [-0.25, -0.2) is 4.68 Å². The summed E-state index contributed by atoms with van der Waals surface area (Å²) >= 11 is 0. The number of fused-ring (bicyclic) bond motifs is 1. The zero-order chi connectivity index (χ0) is 25.9. The van der Waals surface area contributed by atoms with Crippen LogP contribution in [0, 0.1) is 5.41 Å². The maximum absolute atomic E-state index is 13.3. The van der Waals surface area contributed by atoms with E-state index >= 15 is 0 Å². The molecule has 0 amide bonds. The first-order chi connectivity index (χ1) is 16.4. The van der Waals surface area contributed by atoms with Crippen molar-refractivity contribution in [3.05, 3.63) is 41.0 Å². The Morgan fingerprint density at radius 2 is 1.72 bits per heavy atom. The molecule has 3 aromatic rings. The Labute approximate surface area is 217 Å². The smallest absolute Gasteiger partial charge is 0.242 e. The maximum atomic E-state index is 13.3. The highest BCUT2D eigenvalue weighted by molar-refractivity contribution is 5.96. The molecule has 2 aromatic heterocycles. The van der Waals surface area contributed by atoms with Gasteiger partial charge in [-0.2, -0.15) is 4.52 Å². The number of ether oxygens (including phenoxy) is 3. The van der Waals surface area contributed by atoms with Gasteiger partial charge in [0.25, 0.3) is 0 Å². The number of hydrogen-bond acceptors (Lipinski definition) is 8. The summed E-state index contributed by atoms with van der Waals surface area (Å²) in [6.07, 6.45) is -0.248. The van der Waals surface area contributed by atoms with Crippen LogP contribution >= 0.6 is 12.4 Å². The van der Waals surface area contributed by atoms with E-state index in [-0.39, 0.29) is 61.2 Å². The number of carbonyl (C=O) groups is 1. The number of aromatic nitrogens is 4. The largest absolute Gasteiger partial charge is 0.491 e. The summed E-state index contributed by atoms with van der Waals surface area (Å²) in [5.74, 6) is 0.985. The zero-order valence-electron chi connectivity index (χ0n) is 21.9. The van der Waals surface area contributed by atoms with Crippen molar-refractivity contribution >= 4 is 23.8 Å². The van der Waals surface area contributed by atoms with Gasteiger partial charge in [-0.05, 0) is 56.9 Å². The molecule has 1 aromatic carbocycles. The van der Waals surface area contributed by atoms with Crippen LogP contribution in [0.3, 0.4) is 0 Å². The van der Waals surface area contributed by atoms with Gasteiger partial charge in [0.1, 0.15) is 18.9 Å². The number of nitrogens with zero attached hydrogens (tertiary/aromatic N) is 4. The molecule has 11 heteroatoms. The molecule has 10 nitrogen and oxygen atoms in total. The highest BCUT2D eigenvalue weighted by atomic mass is 35.5. The molecule has 0 aliphatic rings. The first-order valence-electron chi connectivity index (χ1n) is 11.7. The number of rotatable bonds is 10. The molecule has 198 valence electrons. The first-order valence-corrected chi connectivity index (χ1v) is 11.7. The standard InChI is InChI=1S/C25H35N5O5.ClH/c1-15(2)34-21-13-22(35-16(3)4)27-30-23(21)28-29(24(30)26)14-20(32)17-10-18(25(5,6)7)12-19(11-17)33-9-8-31;/h10-13,15-16,26,31H,8-9,14H2,1-7H3;1H. The van der Waals surface area contributed by atoms with Crippen LogP contribution in [0.4, 0.5) is 0 Å². The molecule has 0 spiro atoms. The second-order valence-electron chi connectivity index (χ2n) is 9.89. The second-order valence-corrected chi connectivity index (χ2v) is 9.89. The quantitative estimate of drug-likeness (QED) is 0.391. The minimum absolute atomic E-state index is 0. The van der Waals surface area contributed by atoms with Gasteiger partial charge >= 0.3 is 0 Å². The van der Waals surface area contributed by atoms with Gasteiger partial charge in [-0.15, -0.1) is 22.6 Å². The van der Waals surface area contributed by atoms with Crippen LogP contribution in [0.15, 0.2) is 24.3 Å². The summed E-state index contributed by atoms with van der Waals surface area (Å²) in [5, 5.41) is 26.5. The third kappa shape index (κ3) is 6.98. The molecule has 0 saturated heterocycles. The molecule has 0 fully saturated rings. The number of halogens is 1. The molecular formula is C25H36ClN5O5. The number of ketones is 1. The molecule has 3 rings (SSSR count). The highest BCUT2D eigenvalue weighted by Gasteiger charge is 2.21. The van der Waals surface area contributed by atoms with Gasteiger partial charge in [0.15, 0.2) is 11.5 Å². The lowest BCUT2D eigenvalue weighted by molar-refractivity contribution is 0.0964. The molecule has 0 aliphatic carbocycles. The third-order valence-electron chi connectivity index (χ3n) is 5.00. The van der Waals surface area contributed by atoms with Crippen LogP contribution in [-0.4, -0.2) is 55.7 Å². The van der Waals surface area contributed by atoms with Gasteiger partial charge in [-0.1, -0.05) is 20.8 Å². The lowest BCUT2D eigenvalue weighted by Crippen LogP contribution is -2.26. The number of hydrogen-bond donors (Lipinski definition) is 2. The van der Waals surface area contributed by atoms with Gasteiger partial charge in [0.2, 0.25) is 17.1 Å². The normalized spacial score (nSPS) is 11.6. The van der Waals surface area contributed by atoms with Gasteiger partial charge < -0.3 is 19.3 Å². The maximum Gasteiger partial charge on any atom is 0.242 e. The average molecular weight is 522 g/mol. The van der Waals surface area contributed by atoms with E-state index in [1.807, 2.05) is 60.6 Å². The van der Waals surface area contributed by atoms with Crippen molar-refractivity contribution in [3.8, 4) is 17.4 Å². The van der Waals surface area contributed by atoms with E-state index in [0.717, 1.165) is 5.56 Å². The van der Waals surface area contributed by atoms with Crippen LogP contribution in [0.5, 0.6) is 17.4 Å². The van der Waals surface area contributed by atoms with Crippen molar-refractivity contribution in [3.63, 3.8) is 0 Å². The topological polar surface area (TPSA) is 124 Å². The number of carbonyl (C=O) groups excluding carboxylic acids is 1. The molecular weight excluding hydrogens is 486 g/mol. The number of Topliss-reactive ketones (excluding diaryl/α,β-unsaturated/α-hetero) is 1. The van der Waals surface area contributed by atoms with E-state index in [4.69, 9.17) is 24.7 Å². The fourth-order valence-corrected chi connectivity index (χ4v) is 3.38. The fraction of sp³-hybridized carbons (Fsp3) is 0.520. The summed E-state index contributed by atoms with van der Waals surface area (Å²) in [4.78, 5) is 13.3. The van der Waals surface area contributed by atoms with Crippen molar-refractivity contribution in [1.82, 2.24) is 19.4 Å². The summed E-state index contributed by atoms with van der Waals surface area (Å²) in [6, 6.07) is 6.99. The Morgan fingerprint density at radius 1 is 1.06 bits per heavy atom. The summed E-state index contributed by atoms with van der Waals surface area (Å²) in [6.45, 7) is 13.5. The monoisotopic (exact) mass is 521 g/mol. The Bertz CT molecular complexity index is 1260. The Morgan fingerprint density at radius 3 is 2.31 bits per heavy atom. The van der Waals surface area contributed by atoms with Crippen molar-refractivity contribution in [1.29, 1.82) is 5.41 Å². The van der Waals surface area contributed by atoms with Crippen LogP contribution in [0.25, 0.3) is 5.65 Å². The van der Waals surface area contributed by atoms with E-state index in [1.165, 1.54) is 9.20 Å². The van der Waals surface area contributed by atoms with Crippen LogP contribution in [0.1, 0.15) is 64.4 Å². The van der Waals surface area contributed by atoms with E-state index in [2.05, 4.69) is 10.2 Å². The Kier molecular flexibility index (Phi) is 9.51. The number of aliphatic hydroxyl groups is 1. The Hall–Kier alpha value is -3.11. The lowest BCUT2D eigenvalue weighted by Gasteiger charge is -2.21. The van der Waals surface area contributed by atoms with Gasteiger partial charge in [0, 0.05) is 11.6 Å². The molecule has 36 heavy (non-hydrogen) atoms. The SMILES string of the molecule is CC(C)Oc1cc(OC(C)C)c2nn(CC(=O)c3cc(OCCO)cc(C(C)(C)C)c3)c(=N)n2n1.Cl. The minimum Gasteiger partial charge on any atom is -0.491 e. The minimum atomic E-state index is -0.239. The van der Waals surface area contributed by atoms with Crippen molar-refractivity contribution < 1.29 is 24.1 Å². The summed E-state index contributed by atoms with van der Waals surface area (Å²) < 4.78 is 19.8. The van der Waals surface area contributed by atoms with Crippen LogP contribution in [-0.2, 0) is 12.0 Å². The van der Waals surface area contributed by atoms with Crippen LogP contribution in [0.2, 0.25) is 0 Å². The lowest BCUT2D eigenvalue weighted by atomic mass is 9.85. The molecule has 0 unspecified atom stereocenters. The number of nitrogens with one attached hydrogen (secondary N) is 1. The third-order valence-corrected chi connectivity index (χ3v) is 5.00. The summed E-state index contributed by atoms with van der Waals surface area (Å²) in [5.41, 5.74) is 1.38. The average Bonchev–Trinajstić information content (AvgIpc) is 3.06. The van der Waals surface area contributed by atoms with Crippen molar-refractivity contribution in [2.45, 2.75) is 72.6 Å². The molecule has 2 N–H and O–H groups in total. The van der Waals surface area contributed by atoms with E-state index in [1.54, 1.807) is 12.1 Å². The molecule has 2 heterocycles. The molecule has 0 bridgehead atoms. The second kappa shape index (κ2) is 11.7. The van der Waals surface area contributed by atoms with E-state index in [0.29, 0.717) is 28.6 Å². The first kappa shape index (κ1) is 29.1. The molecule has 0 aliphatic heterocycles. The number of benzene rings is 1. The predicted molar refractivity (Wildman–Crippen MR) is 138 cm³/mol. The highest BCUT2D eigenvalue weighted by Crippen LogP contribution is 2.28. The van der Waals surface area contributed by atoms with Crippen molar-refractivity contribution in [2.24, 2.45) is 0 Å². The van der Waals surface area contributed by atoms with E-state index in [9.17, 15) is 4.79 Å². The molecule has 0 saturated carbocycles.